The fourth-order valence-corrected chi connectivity index (χ4v) is 1.47. The van der Waals surface area contributed by atoms with Crippen molar-refractivity contribution in [3.8, 4) is 11.3 Å². The van der Waals surface area contributed by atoms with Crippen LogP contribution in [0.4, 0.5) is 4.39 Å². The molecule has 0 aliphatic heterocycles. The molecule has 0 saturated carbocycles. The van der Waals surface area contributed by atoms with Gasteiger partial charge in [-0.15, -0.1) is 0 Å². The summed E-state index contributed by atoms with van der Waals surface area (Å²) in [7, 11) is 0. The number of nitrogens with one attached hydrogen (secondary N) is 1. The average molecular weight is 206 g/mol. The first-order chi connectivity index (χ1) is 7.33. The van der Waals surface area contributed by atoms with Crippen LogP contribution in [0.3, 0.4) is 0 Å². The topological polar surface area (TPSA) is 48.9 Å². The molecule has 0 radical (unpaired) electrons. The molecular formula is C11H11FN2O. The number of halogens is 1. The van der Waals surface area contributed by atoms with E-state index < -0.39 is 12.8 Å². The van der Waals surface area contributed by atoms with Crippen molar-refractivity contribution in [2.75, 3.05) is 6.67 Å². The van der Waals surface area contributed by atoms with Crippen molar-refractivity contribution >= 4 is 0 Å². The van der Waals surface area contributed by atoms with Crippen LogP contribution in [0.15, 0.2) is 36.5 Å². The molecule has 1 atom stereocenters. The highest BCUT2D eigenvalue weighted by Crippen LogP contribution is 2.25. The van der Waals surface area contributed by atoms with Crippen molar-refractivity contribution in [1.82, 2.24) is 10.2 Å². The maximum Gasteiger partial charge on any atom is 0.120 e. The number of hydrogen-bond donors (Lipinski definition) is 2. The van der Waals surface area contributed by atoms with E-state index in [9.17, 15) is 9.50 Å². The van der Waals surface area contributed by atoms with Crippen LogP contribution in [0, 0.1) is 0 Å². The molecule has 0 aliphatic carbocycles. The number of alkyl halides is 1. The van der Waals surface area contributed by atoms with E-state index in [0.717, 1.165) is 5.56 Å². The molecule has 4 heteroatoms. The van der Waals surface area contributed by atoms with Gasteiger partial charge in [-0.3, -0.25) is 5.10 Å². The second-order valence-electron chi connectivity index (χ2n) is 3.24. The fourth-order valence-electron chi connectivity index (χ4n) is 1.47. The monoisotopic (exact) mass is 206 g/mol. The molecule has 2 aromatic rings. The van der Waals surface area contributed by atoms with E-state index in [-0.39, 0.29) is 0 Å². The summed E-state index contributed by atoms with van der Waals surface area (Å²) in [5, 5.41) is 16.0. The Labute approximate surface area is 86.6 Å². The van der Waals surface area contributed by atoms with Gasteiger partial charge in [0.25, 0.3) is 0 Å². The molecule has 2 rings (SSSR count). The van der Waals surface area contributed by atoms with Crippen molar-refractivity contribution in [2.45, 2.75) is 6.10 Å². The van der Waals surface area contributed by atoms with Crippen molar-refractivity contribution in [1.29, 1.82) is 0 Å². The Morgan fingerprint density at radius 3 is 2.73 bits per heavy atom. The Morgan fingerprint density at radius 1 is 1.33 bits per heavy atom. The normalized spacial score (nSPS) is 12.7. The predicted molar refractivity (Wildman–Crippen MR) is 55.0 cm³/mol. The molecule has 78 valence electrons. The third-order valence-electron chi connectivity index (χ3n) is 2.24. The predicted octanol–water partition coefficient (Wildman–Crippen LogP) is 2.08. The smallest absolute Gasteiger partial charge is 0.120 e. The highest BCUT2D eigenvalue weighted by molar-refractivity contribution is 5.62. The van der Waals surface area contributed by atoms with E-state index in [2.05, 4.69) is 10.2 Å². The van der Waals surface area contributed by atoms with Gasteiger partial charge in [0, 0.05) is 5.56 Å². The molecule has 0 aliphatic rings. The maximum absolute atomic E-state index is 12.4. The van der Waals surface area contributed by atoms with Gasteiger partial charge in [0.05, 0.1) is 11.9 Å². The fraction of sp³-hybridized carbons (Fsp3) is 0.182. The van der Waals surface area contributed by atoms with Gasteiger partial charge in [-0.25, -0.2) is 4.39 Å². The molecule has 1 heterocycles. The minimum absolute atomic E-state index is 0.490. The lowest BCUT2D eigenvalue weighted by atomic mass is 10.1. The summed E-state index contributed by atoms with van der Waals surface area (Å²) in [6.07, 6.45) is 0.339. The van der Waals surface area contributed by atoms with Crippen molar-refractivity contribution in [3.05, 3.63) is 42.1 Å². The zero-order chi connectivity index (χ0) is 10.7. The quantitative estimate of drug-likeness (QED) is 0.807. The molecular weight excluding hydrogens is 195 g/mol. The first-order valence-electron chi connectivity index (χ1n) is 4.65. The second kappa shape index (κ2) is 4.23. The molecule has 0 fully saturated rings. The van der Waals surface area contributed by atoms with Gasteiger partial charge in [-0.2, -0.15) is 5.10 Å². The largest absolute Gasteiger partial charge is 0.386 e. The number of aliphatic hydroxyl groups excluding tert-OH is 1. The molecule has 0 amide bonds. The molecule has 1 aromatic heterocycles. The van der Waals surface area contributed by atoms with Gasteiger partial charge < -0.3 is 5.11 Å². The number of aromatic nitrogens is 2. The van der Waals surface area contributed by atoms with Crippen LogP contribution in [0.2, 0.25) is 0 Å². The first-order valence-corrected chi connectivity index (χ1v) is 4.65. The molecule has 1 aromatic carbocycles. The summed E-state index contributed by atoms with van der Waals surface area (Å²) in [6.45, 7) is -0.806. The van der Waals surface area contributed by atoms with E-state index >= 15 is 0 Å². The van der Waals surface area contributed by atoms with Crippen LogP contribution in [0.1, 0.15) is 11.7 Å². The van der Waals surface area contributed by atoms with Crippen LogP contribution < -0.4 is 0 Å². The van der Waals surface area contributed by atoms with Crippen LogP contribution in [-0.2, 0) is 0 Å². The van der Waals surface area contributed by atoms with Crippen molar-refractivity contribution in [3.63, 3.8) is 0 Å². The summed E-state index contributed by atoms with van der Waals surface area (Å²) in [4.78, 5) is 0. The van der Waals surface area contributed by atoms with E-state index in [1.807, 2.05) is 30.3 Å². The molecule has 3 nitrogen and oxygen atoms in total. The number of aromatic amines is 1. The maximum atomic E-state index is 12.4. The number of nitrogens with zero attached hydrogens (tertiary/aromatic N) is 1. The average Bonchev–Trinajstić information content (AvgIpc) is 2.78. The van der Waals surface area contributed by atoms with E-state index in [4.69, 9.17) is 0 Å². The summed E-state index contributed by atoms with van der Waals surface area (Å²) in [6, 6.07) is 9.40. The SMILES string of the molecule is OC(CF)c1cn[nH]c1-c1ccccc1. The van der Waals surface area contributed by atoms with Crippen LogP contribution in [0.5, 0.6) is 0 Å². The van der Waals surface area contributed by atoms with Gasteiger partial charge in [-0.1, -0.05) is 30.3 Å². The van der Waals surface area contributed by atoms with Crippen LogP contribution in [0.25, 0.3) is 11.3 Å². The van der Waals surface area contributed by atoms with Gasteiger partial charge in [-0.05, 0) is 5.56 Å². The minimum atomic E-state index is -1.11. The van der Waals surface area contributed by atoms with Crippen molar-refractivity contribution < 1.29 is 9.50 Å². The van der Waals surface area contributed by atoms with Gasteiger partial charge >= 0.3 is 0 Å². The number of H-pyrrole nitrogens is 1. The summed E-state index contributed by atoms with van der Waals surface area (Å²) >= 11 is 0. The molecule has 2 N–H and O–H groups in total. The molecule has 0 saturated heterocycles. The van der Waals surface area contributed by atoms with Gasteiger partial charge in [0.2, 0.25) is 0 Å². The zero-order valence-electron chi connectivity index (χ0n) is 8.02. The zero-order valence-corrected chi connectivity index (χ0v) is 8.02. The molecule has 0 spiro atoms. The van der Waals surface area contributed by atoms with Crippen molar-refractivity contribution in [2.24, 2.45) is 0 Å². The summed E-state index contributed by atoms with van der Waals surface area (Å²) in [5.41, 5.74) is 2.04. The van der Waals surface area contributed by atoms with Gasteiger partial charge in [0.1, 0.15) is 12.8 Å². The Bertz CT molecular complexity index is 427. The lowest BCUT2D eigenvalue weighted by Gasteiger charge is -2.06. The molecule has 0 bridgehead atoms. The standard InChI is InChI=1S/C11H11FN2O/c12-6-10(15)9-7-13-14-11(9)8-4-2-1-3-5-8/h1-5,7,10,15H,6H2,(H,13,14). The number of aliphatic hydroxyl groups is 1. The Morgan fingerprint density at radius 2 is 2.07 bits per heavy atom. The number of benzene rings is 1. The summed E-state index contributed by atoms with van der Waals surface area (Å²) in [5.74, 6) is 0. The Hall–Kier alpha value is -1.68. The Balaban J connectivity index is 2.41. The molecule has 15 heavy (non-hydrogen) atoms. The van der Waals surface area contributed by atoms with E-state index in [0.29, 0.717) is 11.3 Å². The molecule has 1 unspecified atom stereocenters. The van der Waals surface area contributed by atoms with Crippen LogP contribution >= 0.6 is 0 Å². The second-order valence-corrected chi connectivity index (χ2v) is 3.24. The first kappa shape index (κ1) is 9.86. The lowest BCUT2D eigenvalue weighted by molar-refractivity contribution is 0.142. The third-order valence-corrected chi connectivity index (χ3v) is 2.24. The summed E-state index contributed by atoms with van der Waals surface area (Å²) < 4.78 is 12.4. The number of hydrogen-bond acceptors (Lipinski definition) is 2. The highest BCUT2D eigenvalue weighted by atomic mass is 19.1. The highest BCUT2D eigenvalue weighted by Gasteiger charge is 2.15. The third kappa shape index (κ3) is 1.89. The minimum Gasteiger partial charge on any atom is -0.386 e. The van der Waals surface area contributed by atoms with Gasteiger partial charge in [0.15, 0.2) is 0 Å². The lowest BCUT2D eigenvalue weighted by Crippen LogP contribution is -1.99. The number of rotatable bonds is 3. The van der Waals surface area contributed by atoms with Crippen LogP contribution in [-0.4, -0.2) is 22.0 Å². The van der Waals surface area contributed by atoms with E-state index in [1.54, 1.807) is 0 Å². The van der Waals surface area contributed by atoms with E-state index in [1.165, 1.54) is 6.20 Å². The Kier molecular flexibility index (Phi) is 2.78.